The van der Waals surface area contributed by atoms with Crippen LogP contribution in [0.2, 0.25) is 5.02 Å². The number of ketones is 1. The zero-order valence-electron chi connectivity index (χ0n) is 23.1. The second-order valence-corrected chi connectivity index (χ2v) is 10.3. The van der Waals surface area contributed by atoms with Crippen LogP contribution in [0.5, 0.6) is 5.75 Å². The molecular weight excluding hydrogens is 557 g/mol. The van der Waals surface area contributed by atoms with Crippen molar-refractivity contribution in [2.45, 2.75) is 39.3 Å². The van der Waals surface area contributed by atoms with E-state index in [0.717, 1.165) is 22.4 Å². The van der Waals surface area contributed by atoms with Gasteiger partial charge in [-0.25, -0.2) is 0 Å². The summed E-state index contributed by atoms with van der Waals surface area (Å²) in [5.41, 5.74) is 4.07. The number of hydrogen-bond donors (Lipinski definition) is 3. The number of aliphatic imine (C=N–C) groups is 1. The fourth-order valence-electron chi connectivity index (χ4n) is 4.70. The summed E-state index contributed by atoms with van der Waals surface area (Å²) >= 11 is 6.17. The third kappa shape index (κ3) is 6.43. The van der Waals surface area contributed by atoms with Crippen LogP contribution in [0.4, 0.5) is 0 Å². The maximum atomic E-state index is 12.6. The minimum absolute atomic E-state index is 0.00950. The van der Waals surface area contributed by atoms with Crippen molar-refractivity contribution < 1.29 is 24.4 Å². The third-order valence-electron chi connectivity index (χ3n) is 6.88. The number of Topliss-reactive ketones (excluding diaryl/α,β-unsaturated/α-hetero) is 1. The van der Waals surface area contributed by atoms with Crippen molar-refractivity contribution >= 4 is 41.6 Å². The Morgan fingerprint density at radius 3 is 2.48 bits per heavy atom. The molecule has 214 valence electrons. The first-order valence-electron chi connectivity index (χ1n) is 13.5. The minimum Gasteiger partial charge on any atom is -0.493 e. The molecule has 0 spiro atoms. The van der Waals surface area contributed by atoms with Gasteiger partial charge in [0.25, 0.3) is 0 Å². The molecule has 0 saturated heterocycles. The van der Waals surface area contributed by atoms with Crippen LogP contribution in [-0.4, -0.2) is 55.9 Å². The second-order valence-electron chi connectivity index (χ2n) is 9.86. The van der Waals surface area contributed by atoms with Gasteiger partial charge in [-0.1, -0.05) is 54.9 Å². The lowest BCUT2D eigenvalue weighted by atomic mass is 9.80. The Labute approximate surface area is 248 Å². The first kappa shape index (κ1) is 29.2. The van der Waals surface area contributed by atoms with E-state index in [1.54, 1.807) is 43.3 Å². The van der Waals surface area contributed by atoms with Crippen molar-refractivity contribution in [3.05, 3.63) is 100 Å². The highest BCUT2D eigenvalue weighted by atomic mass is 35.5. The lowest BCUT2D eigenvalue weighted by molar-refractivity contribution is -0.121. The molecule has 0 fully saturated rings. The number of ether oxygens (including phenoxy) is 1. The van der Waals surface area contributed by atoms with Gasteiger partial charge in [-0.05, 0) is 48.3 Å². The van der Waals surface area contributed by atoms with Gasteiger partial charge in [0.2, 0.25) is 5.91 Å². The van der Waals surface area contributed by atoms with Gasteiger partial charge in [0, 0.05) is 35.4 Å². The number of fused-ring (bicyclic) bond motifs is 3. The molecule has 1 aliphatic rings. The summed E-state index contributed by atoms with van der Waals surface area (Å²) in [7, 11) is -1.55. The van der Waals surface area contributed by atoms with Crippen molar-refractivity contribution in [1.29, 1.82) is 0 Å². The molecule has 10 nitrogen and oxygen atoms in total. The van der Waals surface area contributed by atoms with Gasteiger partial charge in [0.15, 0.2) is 12.0 Å². The Morgan fingerprint density at radius 1 is 1.05 bits per heavy atom. The molecule has 1 aliphatic heterocycles. The zero-order valence-corrected chi connectivity index (χ0v) is 23.9. The van der Waals surface area contributed by atoms with E-state index in [1.165, 1.54) is 0 Å². The summed E-state index contributed by atoms with van der Waals surface area (Å²) in [5.74, 6) is 1.49. The summed E-state index contributed by atoms with van der Waals surface area (Å²) in [5, 5.41) is 30.6. The highest BCUT2D eigenvalue weighted by Gasteiger charge is 2.29. The van der Waals surface area contributed by atoms with E-state index in [2.05, 4.69) is 15.5 Å². The van der Waals surface area contributed by atoms with Crippen LogP contribution in [0.25, 0.3) is 5.69 Å². The fraction of sp³-hybridized carbons (Fsp3) is 0.233. The number of carbonyl (C=O) groups is 2. The van der Waals surface area contributed by atoms with Crippen molar-refractivity contribution in [2.75, 3.05) is 6.61 Å². The Hall–Kier alpha value is -4.32. The molecule has 1 amide bonds. The average molecular weight is 586 g/mol. The quantitative estimate of drug-likeness (QED) is 0.243. The molecule has 12 heteroatoms. The number of benzene rings is 3. The molecule has 5 rings (SSSR count). The second kappa shape index (κ2) is 12.7. The van der Waals surface area contributed by atoms with E-state index in [9.17, 15) is 19.6 Å². The lowest BCUT2D eigenvalue weighted by Gasteiger charge is -2.15. The highest BCUT2D eigenvalue weighted by molar-refractivity contribution is 6.58. The van der Waals surface area contributed by atoms with Crippen LogP contribution >= 0.6 is 11.6 Å². The number of nitrogens with zero attached hydrogens (tertiary/aromatic N) is 4. The van der Waals surface area contributed by atoms with E-state index in [1.807, 2.05) is 41.8 Å². The highest BCUT2D eigenvalue weighted by Crippen LogP contribution is 2.32. The first-order chi connectivity index (χ1) is 20.2. The van der Waals surface area contributed by atoms with Crippen molar-refractivity contribution in [3.8, 4) is 11.4 Å². The first-order valence-corrected chi connectivity index (χ1v) is 13.9. The van der Waals surface area contributed by atoms with Gasteiger partial charge in [0.05, 0.1) is 18.0 Å². The minimum atomic E-state index is -1.55. The van der Waals surface area contributed by atoms with E-state index < -0.39 is 13.3 Å². The predicted octanol–water partition coefficient (Wildman–Crippen LogP) is 2.87. The maximum Gasteiger partial charge on any atom is 0.488 e. The predicted molar refractivity (Wildman–Crippen MR) is 159 cm³/mol. The normalized spacial score (nSPS) is 13.8. The molecule has 1 aromatic heterocycles. The molecule has 0 saturated carbocycles. The van der Waals surface area contributed by atoms with Crippen LogP contribution in [0.15, 0.2) is 71.7 Å². The van der Waals surface area contributed by atoms with Crippen LogP contribution in [-0.2, 0) is 16.0 Å². The van der Waals surface area contributed by atoms with E-state index in [4.69, 9.17) is 21.3 Å². The molecule has 2 heterocycles. The molecule has 0 bridgehead atoms. The van der Waals surface area contributed by atoms with Gasteiger partial charge >= 0.3 is 7.12 Å². The van der Waals surface area contributed by atoms with Gasteiger partial charge in [0.1, 0.15) is 17.4 Å². The number of carbonyl (C=O) groups excluding carboxylic acids is 2. The Bertz CT molecular complexity index is 1640. The molecule has 0 aliphatic carbocycles. The molecule has 1 atom stereocenters. The van der Waals surface area contributed by atoms with Gasteiger partial charge in [-0.15, -0.1) is 10.2 Å². The summed E-state index contributed by atoms with van der Waals surface area (Å²) < 4.78 is 7.88. The van der Waals surface area contributed by atoms with Gasteiger partial charge in [-0.2, -0.15) is 0 Å². The smallest absolute Gasteiger partial charge is 0.488 e. The Kier molecular flexibility index (Phi) is 8.82. The van der Waals surface area contributed by atoms with Crippen LogP contribution < -0.4 is 15.5 Å². The Morgan fingerprint density at radius 2 is 1.79 bits per heavy atom. The average Bonchev–Trinajstić information content (AvgIpc) is 3.30. The molecule has 4 aromatic rings. The van der Waals surface area contributed by atoms with E-state index >= 15 is 0 Å². The molecule has 3 aromatic carbocycles. The van der Waals surface area contributed by atoms with Crippen molar-refractivity contribution in [3.63, 3.8) is 0 Å². The molecule has 0 unspecified atom stereocenters. The van der Waals surface area contributed by atoms with E-state index in [-0.39, 0.29) is 37.6 Å². The number of halogens is 1. The number of hydrogen-bond acceptors (Lipinski definition) is 8. The molecule has 0 radical (unpaired) electrons. The molecule has 42 heavy (non-hydrogen) atoms. The topological polar surface area (TPSA) is 139 Å². The SMILES string of the molecule is CCC(=O)N[C@@H]1N=C(c2ccc(Cl)cc2)c2cc(OCCC(=O)Cc3ccc(B(O)O)cc3)ccc2-n2c(C)nnc21. The third-order valence-corrected chi connectivity index (χ3v) is 7.13. The van der Waals surface area contributed by atoms with Crippen molar-refractivity contribution in [1.82, 2.24) is 20.1 Å². The fourth-order valence-corrected chi connectivity index (χ4v) is 4.82. The Balaban J connectivity index is 1.41. The number of amides is 1. The molecule has 3 N–H and O–H groups in total. The molecular formula is C30H29BClN5O5. The number of nitrogens with one attached hydrogen (secondary N) is 1. The summed E-state index contributed by atoms with van der Waals surface area (Å²) in [6.45, 7) is 3.78. The zero-order chi connectivity index (χ0) is 29.8. The van der Waals surface area contributed by atoms with Crippen LogP contribution in [0.3, 0.4) is 0 Å². The summed E-state index contributed by atoms with van der Waals surface area (Å²) in [4.78, 5) is 30.0. The lowest BCUT2D eigenvalue weighted by Crippen LogP contribution is -2.29. The number of aromatic nitrogens is 3. The summed E-state index contributed by atoms with van der Waals surface area (Å²) in [6.07, 6.45) is -0.0767. The van der Waals surface area contributed by atoms with Crippen molar-refractivity contribution in [2.24, 2.45) is 4.99 Å². The van der Waals surface area contributed by atoms with Gasteiger partial charge in [-0.3, -0.25) is 19.1 Å². The van der Waals surface area contributed by atoms with Crippen LogP contribution in [0.1, 0.15) is 54.3 Å². The summed E-state index contributed by atoms with van der Waals surface area (Å²) in [6, 6.07) is 19.4. The van der Waals surface area contributed by atoms with Crippen LogP contribution in [0, 0.1) is 6.92 Å². The maximum absolute atomic E-state index is 12.6. The monoisotopic (exact) mass is 585 g/mol. The largest absolute Gasteiger partial charge is 0.493 e. The van der Waals surface area contributed by atoms with E-state index in [0.29, 0.717) is 33.6 Å². The number of rotatable bonds is 10. The number of aryl methyl sites for hydroxylation is 1. The van der Waals surface area contributed by atoms with Gasteiger partial charge < -0.3 is 20.1 Å². The standard InChI is InChI=1S/C30H29BClN5O5/c1-3-27(39)33-29-30-36-35-18(2)37(30)26-13-12-24(17-25(26)28(34-29)20-6-10-22(32)11-7-20)42-15-14-23(38)16-19-4-8-21(9-5-19)31(40)41/h4-13,17,29,40-41H,3,14-16H2,1-2H3,(H,33,39)/t29-/m1/s1.